The molecule has 0 aromatic heterocycles. The predicted molar refractivity (Wildman–Crippen MR) is 77.8 cm³/mol. The first kappa shape index (κ1) is 14.6. The van der Waals surface area contributed by atoms with Crippen molar-refractivity contribution in [3.8, 4) is 0 Å². The highest BCUT2D eigenvalue weighted by atomic mass is 79.9. The Labute approximate surface area is 127 Å². The summed E-state index contributed by atoms with van der Waals surface area (Å²) in [5.74, 6) is -1.30. The lowest BCUT2D eigenvalue weighted by Crippen LogP contribution is -2.03. The van der Waals surface area contributed by atoms with Gasteiger partial charge in [-0.1, -0.05) is 29.3 Å². The fourth-order valence-electron chi connectivity index (χ4n) is 1.55. The minimum absolute atomic E-state index is 0.201. The number of hydrogen-bond donors (Lipinski definition) is 1. The Morgan fingerprint density at radius 1 is 1.05 bits per heavy atom. The number of anilines is 1. The lowest BCUT2D eigenvalue weighted by atomic mass is 10.2. The van der Waals surface area contributed by atoms with Gasteiger partial charge in [-0.2, -0.15) is 0 Å². The second-order valence-corrected chi connectivity index (χ2v) is 5.52. The molecule has 0 heterocycles. The normalized spacial score (nSPS) is 10.6. The fraction of sp³-hybridized carbons (Fsp3) is 0.0769. The molecule has 0 radical (unpaired) electrons. The van der Waals surface area contributed by atoms with Crippen LogP contribution in [0.3, 0.4) is 0 Å². The number of benzene rings is 2. The summed E-state index contributed by atoms with van der Waals surface area (Å²) in [6.07, 6.45) is 0. The zero-order valence-electron chi connectivity index (χ0n) is 9.48. The van der Waals surface area contributed by atoms with Crippen molar-refractivity contribution in [2.24, 2.45) is 0 Å². The first-order chi connectivity index (χ1) is 8.97. The lowest BCUT2D eigenvalue weighted by Gasteiger charge is -2.10. The summed E-state index contributed by atoms with van der Waals surface area (Å²) in [5, 5.41) is 3.77. The molecule has 2 aromatic carbocycles. The van der Waals surface area contributed by atoms with Gasteiger partial charge < -0.3 is 5.32 Å². The van der Waals surface area contributed by atoms with Crippen molar-refractivity contribution in [2.45, 2.75) is 6.54 Å². The molecule has 2 rings (SSSR count). The third kappa shape index (κ3) is 3.59. The van der Waals surface area contributed by atoms with Gasteiger partial charge in [0.2, 0.25) is 0 Å². The maximum Gasteiger partial charge on any atom is 0.150 e. The molecule has 1 nitrogen and oxygen atoms in total. The standard InChI is InChI=1S/C13H8BrCl2F2N/c14-9-4-8(17)5-12(18)13(9)19-6-7-1-2-10(15)11(16)3-7/h1-5,19H,6H2. The van der Waals surface area contributed by atoms with Crippen LogP contribution in [0.15, 0.2) is 34.8 Å². The molecule has 0 unspecified atom stereocenters. The predicted octanol–water partition coefficient (Wildman–Crippen LogP) is 5.65. The third-order valence-electron chi connectivity index (χ3n) is 2.46. The maximum absolute atomic E-state index is 13.6. The third-order valence-corrected chi connectivity index (χ3v) is 3.82. The van der Waals surface area contributed by atoms with Crippen LogP contribution in [0, 0.1) is 11.6 Å². The van der Waals surface area contributed by atoms with E-state index >= 15 is 0 Å². The lowest BCUT2D eigenvalue weighted by molar-refractivity contribution is 0.583. The molecule has 0 saturated carbocycles. The van der Waals surface area contributed by atoms with Crippen molar-refractivity contribution < 1.29 is 8.78 Å². The average molecular weight is 367 g/mol. The Morgan fingerprint density at radius 3 is 2.42 bits per heavy atom. The number of halogens is 5. The monoisotopic (exact) mass is 365 g/mol. The molecular weight excluding hydrogens is 359 g/mol. The zero-order chi connectivity index (χ0) is 14.0. The Hall–Kier alpha value is -0.840. The van der Waals surface area contributed by atoms with Crippen LogP contribution < -0.4 is 5.32 Å². The number of nitrogens with one attached hydrogen (secondary N) is 1. The summed E-state index contributed by atoms with van der Waals surface area (Å²) in [6.45, 7) is 0.345. The average Bonchev–Trinajstić information content (AvgIpc) is 2.32. The molecule has 0 fully saturated rings. The van der Waals surface area contributed by atoms with Crippen LogP contribution in [0.1, 0.15) is 5.56 Å². The van der Waals surface area contributed by atoms with Gasteiger partial charge in [0.05, 0.1) is 15.7 Å². The van der Waals surface area contributed by atoms with Crippen LogP contribution in [-0.4, -0.2) is 0 Å². The Balaban J connectivity index is 2.16. The van der Waals surface area contributed by atoms with E-state index in [4.69, 9.17) is 23.2 Å². The molecule has 100 valence electrons. The smallest absolute Gasteiger partial charge is 0.150 e. The molecule has 0 bridgehead atoms. The van der Waals surface area contributed by atoms with Gasteiger partial charge in [-0.25, -0.2) is 8.78 Å². The summed E-state index contributed by atoms with van der Waals surface area (Å²) in [6, 6.07) is 7.14. The van der Waals surface area contributed by atoms with E-state index in [9.17, 15) is 8.78 Å². The minimum atomic E-state index is -0.660. The van der Waals surface area contributed by atoms with Crippen LogP contribution >= 0.6 is 39.1 Å². The minimum Gasteiger partial charge on any atom is -0.378 e. The van der Waals surface area contributed by atoms with E-state index in [1.54, 1.807) is 18.2 Å². The topological polar surface area (TPSA) is 12.0 Å². The molecule has 0 aliphatic carbocycles. The summed E-state index contributed by atoms with van der Waals surface area (Å²) in [4.78, 5) is 0. The Kier molecular flexibility index (Phi) is 4.66. The van der Waals surface area contributed by atoms with Crippen LogP contribution in [0.5, 0.6) is 0 Å². The number of hydrogen-bond acceptors (Lipinski definition) is 1. The van der Waals surface area contributed by atoms with Crippen molar-refractivity contribution in [3.05, 3.63) is 62.0 Å². The van der Waals surface area contributed by atoms with Crippen molar-refractivity contribution in [2.75, 3.05) is 5.32 Å². The second kappa shape index (κ2) is 6.07. The van der Waals surface area contributed by atoms with E-state index < -0.39 is 11.6 Å². The van der Waals surface area contributed by atoms with Crippen LogP contribution in [0.25, 0.3) is 0 Å². The molecule has 6 heteroatoms. The molecule has 0 spiro atoms. The highest BCUT2D eigenvalue weighted by Gasteiger charge is 2.09. The van der Waals surface area contributed by atoms with Gasteiger partial charge in [-0.15, -0.1) is 0 Å². The SMILES string of the molecule is Fc1cc(F)c(NCc2ccc(Cl)c(Cl)c2)c(Br)c1. The number of rotatable bonds is 3. The van der Waals surface area contributed by atoms with Crippen molar-refractivity contribution in [1.82, 2.24) is 0 Å². The molecule has 0 saturated heterocycles. The van der Waals surface area contributed by atoms with Crippen LogP contribution in [0.4, 0.5) is 14.5 Å². The van der Waals surface area contributed by atoms with Gasteiger partial charge in [-0.3, -0.25) is 0 Å². The first-order valence-electron chi connectivity index (χ1n) is 5.29. The summed E-state index contributed by atoms with van der Waals surface area (Å²) in [7, 11) is 0. The maximum atomic E-state index is 13.6. The quantitative estimate of drug-likeness (QED) is 0.740. The first-order valence-corrected chi connectivity index (χ1v) is 6.84. The van der Waals surface area contributed by atoms with Crippen LogP contribution in [-0.2, 0) is 6.54 Å². The molecule has 0 aliphatic rings. The van der Waals surface area contributed by atoms with Crippen molar-refractivity contribution >= 4 is 44.8 Å². The van der Waals surface area contributed by atoms with E-state index in [0.29, 0.717) is 21.1 Å². The summed E-state index contributed by atoms with van der Waals surface area (Å²) in [5.41, 5.74) is 1.04. The van der Waals surface area contributed by atoms with Gasteiger partial charge in [0, 0.05) is 17.1 Å². The molecule has 2 aromatic rings. The van der Waals surface area contributed by atoms with Gasteiger partial charge >= 0.3 is 0 Å². The van der Waals surface area contributed by atoms with Crippen molar-refractivity contribution in [3.63, 3.8) is 0 Å². The highest BCUT2D eigenvalue weighted by molar-refractivity contribution is 9.10. The van der Waals surface area contributed by atoms with Crippen molar-refractivity contribution in [1.29, 1.82) is 0 Å². The van der Waals surface area contributed by atoms with E-state index in [1.807, 2.05) is 0 Å². The van der Waals surface area contributed by atoms with E-state index in [2.05, 4.69) is 21.2 Å². The fourth-order valence-corrected chi connectivity index (χ4v) is 2.42. The molecular formula is C13H8BrCl2F2N. The van der Waals surface area contributed by atoms with Gasteiger partial charge in [0.25, 0.3) is 0 Å². The molecule has 1 N–H and O–H groups in total. The van der Waals surface area contributed by atoms with E-state index in [1.165, 1.54) is 6.07 Å². The Bertz CT molecular complexity index is 597. The molecule has 0 atom stereocenters. The van der Waals surface area contributed by atoms with Crippen LogP contribution in [0.2, 0.25) is 10.0 Å². The van der Waals surface area contributed by atoms with Gasteiger partial charge in [0.1, 0.15) is 11.6 Å². The molecule has 0 amide bonds. The zero-order valence-corrected chi connectivity index (χ0v) is 12.6. The Morgan fingerprint density at radius 2 is 1.79 bits per heavy atom. The molecule has 0 aliphatic heterocycles. The largest absolute Gasteiger partial charge is 0.378 e. The summed E-state index contributed by atoms with van der Waals surface area (Å²) < 4.78 is 26.8. The second-order valence-electron chi connectivity index (χ2n) is 3.85. The van der Waals surface area contributed by atoms with E-state index in [-0.39, 0.29) is 5.69 Å². The summed E-state index contributed by atoms with van der Waals surface area (Å²) >= 11 is 14.8. The van der Waals surface area contributed by atoms with Gasteiger partial charge in [0.15, 0.2) is 0 Å². The molecule has 19 heavy (non-hydrogen) atoms. The van der Waals surface area contributed by atoms with Gasteiger partial charge in [-0.05, 0) is 39.7 Å². The highest BCUT2D eigenvalue weighted by Crippen LogP contribution is 2.28. The van der Waals surface area contributed by atoms with E-state index in [0.717, 1.165) is 11.6 Å².